The maximum atomic E-state index is 5.90. The van der Waals surface area contributed by atoms with Crippen LogP contribution in [0.25, 0.3) is 0 Å². The van der Waals surface area contributed by atoms with Crippen LogP contribution >= 0.6 is 0 Å². The molecule has 5 nitrogen and oxygen atoms in total. The minimum Gasteiger partial charge on any atom is -0.324 e. The fourth-order valence-corrected chi connectivity index (χ4v) is 2.05. The molecule has 2 aliphatic rings. The molecule has 0 aromatic rings. The summed E-state index contributed by atoms with van der Waals surface area (Å²) in [4.78, 5) is 2.41. The van der Waals surface area contributed by atoms with Crippen LogP contribution in [0.4, 0.5) is 0 Å². The Morgan fingerprint density at radius 2 is 1.29 bits per heavy atom. The lowest BCUT2D eigenvalue weighted by Crippen LogP contribution is -2.51. The summed E-state index contributed by atoms with van der Waals surface area (Å²) in [6.45, 7) is 14.2. The maximum Gasteiger partial charge on any atom is 0.0226 e. The Labute approximate surface area is 105 Å². The zero-order chi connectivity index (χ0) is 12.6. The number of hydrogen-bond acceptors (Lipinski definition) is 5. The van der Waals surface area contributed by atoms with Gasteiger partial charge in [0, 0.05) is 64.4 Å². The van der Waals surface area contributed by atoms with Gasteiger partial charge in [-0.3, -0.25) is 4.90 Å². The van der Waals surface area contributed by atoms with Gasteiger partial charge in [-0.05, 0) is 13.8 Å². The molecule has 17 heavy (non-hydrogen) atoms. The van der Waals surface area contributed by atoms with Crippen molar-refractivity contribution in [2.45, 2.75) is 19.4 Å². The van der Waals surface area contributed by atoms with Gasteiger partial charge in [-0.15, -0.1) is 0 Å². The van der Waals surface area contributed by atoms with Crippen molar-refractivity contribution in [3.63, 3.8) is 0 Å². The van der Waals surface area contributed by atoms with E-state index in [9.17, 15) is 0 Å². The van der Waals surface area contributed by atoms with E-state index in [0.717, 1.165) is 58.9 Å². The first kappa shape index (κ1) is 14.9. The monoisotopic (exact) mass is 243 g/mol. The van der Waals surface area contributed by atoms with E-state index in [1.54, 1.807) is 0 Å². The van der Waals surface area contributed by atoms with Crippen molar-refractivity contribution in [3.8, 4) is 0 Å². The molecule has 0 spiro atoms. The van der Waals surface area contributed by atoms with Gasteiger partial charge in [-0.25, -0.2) is 0 Å². The molecule has 102 valence electrons. The van der Waals surface area contributed by atoms with Crippen molar-refractivity contribution in [2.75, 3.05) is 58.9 Å². The highest BCUT2D eigenvalue weighted by Crippen LogP contribution is 2.01. The molecule has 2 aliphatic heterocycles. The van der Waals surface area contributed by atoms with E-state index in [2.05, 4.69) is 34.7 Å². The molecular formula is C12H29N5. The Balaban J connectivity index is 0.000000202. The quantitative estimate of drug-likeness (QED) is 0.491. The highest BCUT2D eigenvalue weighted by molar-refractivity contribution is 4.79. The first-order valence-corrected chi connectivity index (χ1v) is 6.71. The molecule has 5 heteroatoms. The maximum absolute atomic E-state index is 5.90. The summed E-state index contributed by atoms with van der Waals surface area (Å²) in [5.41, 5.74) is 5.86. The molecule has 0 amide bonds. The van der Waals surface area contributed by atoms with Crippen LogP contribution < -0.4 is 21.7 Å². The van der Waals surface area contributed by atoms with Crippen molar-refractivity contribution in [3.05, 3.63) is 0 Å². The lowest BCUT2D eigenvalue weighted by atomic mass is 10.1. The Bertz CT molecular complexity index is 168. The van der Waals surface area contributed by atoms with Crippen molar-refractivity contribution < 1.29 is 0 Å². The predicted octanol–water partition coefficient (Wildman–Crippen LogP) is -1.19. The van der Waals surface area contributed by atoms with Gasteiger partial charge in [-0.1, -0.05) is 0 Å². The number of nitrogens with two attached hydrogens (primary N) is 1. The lowest BCUT2D eigenvalue weighted by Gasteiger charge is -2.32. The van der Waals surface area contributed by atoms with Gasteiger partial charge in [-0.2, -0.15) is 0 Å². The molecule has 0 radical (unpaired) electrons. The molecule has 2 fully saturated rings. The molecule has 2 heterocycles. The second-order valence-electron chi connectivity index (χ2n) is 5.51. The Morgan fingerprint density at radius 3 is 1.65 bits per heavy atom. The standard InChI is InChI=1S/C8H19N3.C4H10N2/c1-8(2,9)7-11-5-3-10-4-6-11;1-2-6-4-3-5-1/h10H,3-7,9H2,1-2H3;5-6H,1-4H2. The van der Waals surface area contributed by atoms with Crippen LogP contribution in [0.15, 0.2) is 0 Å². The summed E-state index contributed by atoms with van der Waals surface area (Å²) in [6, 6.07) is 0. The van der Waals surface area contributed by atoms with E-state index < -0.39 is 0 Å². The van der Waals surface area contributed by atoms with Crippen LogP contribution in [0.1, 0.15) is 13.8 Å². The average Bonchev–Trinajstić information content (AvgIpc) is 2.31. The molecule has 5 N–H and O–H groups in total. The van der Waals surface area contributed by atoms with Gasteiger partial charge in [0.1, 0.15) is 0 Å². The normalized spacial score (nSPS) is 22.8. The SMILES string of the molecule is C1CNCCN1.CC(C)(N)CN1CCNCC1. The van der Waals surface area contributed by atoms with Gasteiger partial charge in [0.05, 0.1) is 0 Å². The minimum absolute atomic E-state index is 0.0443. The smallest absolute Gasteiger partial charge is 0.0226 e. The predicted molar refractivity (Wildman–Crippen MR) is 73.3 cm³/mol. The fourth-order valence-electron chi connectivity index (χ4n) is 2.05. The van der Waals surface area contributed by atoms with Crippen LogP contribution in [-0.2, 0) is 0 Å². The summed E-state index contributed by atoms with van der Waals surface area (Å²) in [5, 5.41) is 9.76. The molecule has 0 aromatic heterocycles. The topological polar surface area (TPSA) is 65.3 Å². The first-order chi connectivity index (χ1) is 8.08. The highest BCUT2D eigenvalue weighted by Gasteiger charge is 2.17. The molecule has 0 aliphatic carbocycles. The highest BCUT2D eigenvalue weighted by atomic mass is 15.2. The van der Waals surface area contributed by atoms with Crippen LogP contribution in [0.2, 0.25) is 0 Å². The average molecular weight is 243 g/mol. The molecule has 0 unspecified atom stereocenters. The second-order valence-corrected chi connectivity index (χ2v) is 5.51. The molecule has 0 aromatic carbocycles. The van der Waals surface area contributed by atoms with Crippen molar-refractivity contribution in [1.82, 2.24) is 20.9 Å². The third kappa shape index (κ3) is 8.51. The van der Waals surface area contributed by atoms with E-state index in [0.29, 0.717) is 0 Å². The molecule has 0 saturated carbocycles. The third-order valence-corrected chi connectivity index (χ3v) is 2.80. The summed E-state index contributed by atoms with van der Waals surface area (Å²) in [6.07, 6.45) is 0. The van der Waals surface area contributed by atoms with Crippen LogP contribution in [0, 0.1) is 0 Å². The number of rotatable bonds is 2. The van der Waals surface area contributed by atoms with Crippen molar-refractivity contribution in [1.29, 1.82) is 0 Å². The Kier molecular flexibility index (Phi) is 6.99. The van der Waals surface area contributed by atoms with E-state index >= 15 is 0 Å². The number of piperazine rings is 2. The van der Waals surface area contributed by atoms with Crippen LogP contribution in [0.5, 0.6) is 0 Å². The lowest BCUT2D eigenvalue weighted by molar-refractivity contribution is 0.202. The summed E-state index contributed by atoms with van der Waals surface area (Å²) >= 11 is 0. The summed E-state index contributed by atoms with van der Waals surface area (Å²) in [5.74, 6) is 0. The summed E-state index contributed by atoms with van der Waals surface area (Å²) in [7, 11) is 0. The number of hydrogen-bond donors (Lipinski definition) is 4. The van der Waals surface area contributed by atoms with Gasteiger partial charge in [0.2, 0.25) is 0 Å². The molecular weight excluding hydrogens is 214 g/mol. The van der Waals surface area contributed by atoms with Crippen molar-refractivity contribution >= 4 is 0 Å². The van der Waals surface area contributed by atoms with Crippen LogP contribution in [0.3, 0.4) is 0 Å². The van der Waals surface area contributed by atoms with E-state index in [-0.39, 0.29) is 5.54 Å². The zero-order valence-corrected chi connectivity index (χ0v) is 11.4. The van der Waals surface area contributed by atoms with Gasteiger partial charge < -0.3 is 21.7 Å². The van der Waals surface area contributed by atoms with E-state index in [1.807, 2.05) is 0 Å². The largest absolute Gasteiger partial charge is 0.324 e. The van der Waals surface area contributed by atoms with Crippen LogP contribution in [-0.4, -0.2) is 69.3 Å². The molecule has 2 saturated heterocycles. The minimum atomic E-state index is -0.0443. The third-order valence-electron chi connectivity index (χ3n) is 2.80. The van der Waals surface area contributed by atoms with Gasteiger partial charge in [0.15, 0.2) is 0 Å². The van der Waals surface area contributed by atoms with Gasteiger partial charge >= 0.3 is 0 Å². The number of nitrogens with one attached hydrogen (secondary N) is 3. The molecule has 0 bridgehead atoms. The van der Waals surface area contributed by atoms with Gasteiger partial charge in [0.25, 0.3) is 0 Å². The molecule has 2 rings (SSSR count). The van der Waals surface area contributed by atoms with E-state index in [4.69, 9.17) is 5.73 Å². The number of nitrogens with zero attached hydrogens (tertiary/aromatic N) is 1. The zero-order valence-electron chi connectivity index (χ0n) is 11.4. The Morgan fingerprint density at radius 1 is 0.882 bits per heavy atom. The van der Waals surface area contributed by atoms with Crippen molar-refractivity contribution in [2.24, 2.45) is 5.73 Å². The second kappa shape index (κ2) is 8.00. The fraction of sp³-hybridized carbons (Fsp3) is 1.00. The summed E-state index contributed by atoms with van der Waals surface area (Å²) < 4.78 is 0. The molecule has 0 atom stereocenters. The van der Waals surface area contributed by atoms with E-state index in [1.165, 1.54) is 0 Å². The Hall–Kier alpha value is -0.200. The first-order valence-electron chi connectivity index (χ1n) is 6.71.